The zero-order chi connectivity index (χ0) is 13.1. The molecule has 0 aromatic heterocycles. The summed E-state index contributed by atoms with van der Waals surface area (Å²) in [5, 5.41) is 3.39. The highest BCUT2D eigenvalue weighted by molar-refractivity contribution is 7.99. The van der Waals surface area contributed by atoms with Crippen molar-refractivity contribution < 1.29 is 9.53 Å². The highest BCUT2D eigenvalue weighted by Crippen LogP contribution is 2.40. The average molecular weight is 301 g/mol. The molecule has 19 heavy (non-hydrogen) atoms. The van der Waals surface area contributed by atoms with Crippen molar-refractivity contribution in [1.29, 1.82) is 0 Å². The Morgan fingerprint density at radius 1 is 1.21 bits per heavy atom. The van der Waals surface area contributed by atoms with Crippen molar-refractivity contribution in [3.05, 3.63) is 0 Å². The molecular weight excluding hydrogens is 278 g/mol. The molecule has 3 rings (SSSR count). The standard InChI is InChI=1S/C14H23NO2S2/c16-13(12-10-19-8-4-15-12)11-1-5-17-14(9-11)2-6-18-7-3-14/h11-12,15H,1-10H2. The molecule has 0 bridgehead atoms. The van der Waals surface area contributed by atoms with Gasteiger partial charge < -0.3 is 10.1 Å². The van der Waals surface area contributed by atoms with Crippen LogP contribution in [-0.2, 0) is 9.53 Å². The molecule has 1 spiro atoms. The molecular formula is C14H23NO2S2. The van der Waals surface area contributed by atoms with Crippen LogP contribution in [0.1, 0.15) is 25.7 Å². The SMILES string of the molecule is O=C(C1CCOC2(CCSCC2)C1)C1CSCCN1. The highest BCUT2D eigenvalue weighted by Gasteiger charge is 2.42. The topological polar surface area (TPSA) is 38.3 Å². The number of ether oxygens (including phenoxy) is 1. The second-order valence-corrected chi connectivity index (χ2v) is 8.19. The van der Waals surface area contributed by atoms with Crippen molar-refractivity contribution in [1.82, 2.24) is 5.32 Å². The van der Waals surface area contributed by atoms with E-state index < -0.39 is 0 Å². The third kappa shape index (κ3) is 3.31. The van der Waals surface area contributed by atoms with Crippen LogP contribution in [0, 0.1) is 5.92 Å². The van der Waals surface area contributed by atoms with E-state index in [-0.39, 0.29) is 17.6 Å². The van der Waals surface area contributed by atoms with Gasteiger partial charge in [-0.1, -0.05) is 0 Å². The van der Waals surface area contributed by atoms with E-state index in [1.807, 2.05) is 23.5 Å². The van der Waals surface area contributed by atoms with Crippen molar-refractivity contribution in [3.63, 3.8) is 0 Å². The minimum atomic E-state index is 0.0334. The van der Waals surface area contributed by atoms with Gasteiger partial charge in [-0.05, 0) is 37.2 Å². The van der Waals surface area contributed by atoms with Gasteiger partial charge in [-0.2, -0.15) is 23.5 Å². The third-order valence-corrected chi connectivity index (χ3v) is 6.61. The van der Waals surface area contributed by atoms with Gasteiger partial charge in [0.2, 0.25) is 0 Å². The van der Waals surface area contributed by atoms with Crippen LogP contribution in [0.15, 0.2) is 0 Å². The first-order chi connectivity index (χ1) is 9.29. The lowest BCUT2D eigenvalue weighted by Gasteiger charge is -2.43. The summed E-state index contributed by atoms with van der Waals surface area (Å²) in [6.07, 6.45) is 4.16. The first-order valence-electron chi connectivity index (χ1n) is 7.36. The lowest BCUT2D eigenvalue weighted by Crippen LogP contribution is -2.50. The van der Waals surface area contributed by atoms with E-state index in [0.717, 1.165) is 50.3 Å². The van der Waals surface area contributed by atoms with E-state index >= 15 is 0 Å². The summed E-state index contributed by atoms with van der Waals surface area (Å²) in [5.74, 6) is 5.16. The van der Waals surface area contributed by atoms with Crippen molar-refractivity contribution in [3.8, 4) is 0 Å². The highest BCUT2D eigenvalue weighted by atomic mass is 32.2. The van der Waals surface area contributed by atoms with Crippen LogP contribution in [0.5, 0.6) is 0 Å². The van der Waals surface area contributed by atoms with Crippen LogP contribution in [-0.4, -0.2) is 53.6 Å². The fraction of sp³-hybridized carbons (Fsp3) is 0.929. The molecule has 3 aliphatic rings. The van der Waals surface area contributed by atoms with Gasteiger partial charge in [-0.3, -0.25) is 4.79 Å². The monoisotopic (exact) mass is 301 g/mol. The largest absolute Gasteiger partial charge is 0.375 e. The molecule has 0 aliphatic carbocycles. The zero-order valence-corrected chi connectivity index (χ0v) is 13.0. The van der Waals surface area contributed by atoms with E-state index in [0.29, 0.717) is 5.78 Å². The van der Waals surface area contributed by atoms with Gasteiger partial charge in [0.15, 0.2) is 5.78 Å². The number of ketones is 1. The number of carbonyl (C=O) groups excluding carboxylic acids is 1. The normalized spacial score (nSPS) is 35.2. The maximum Gasteiger partial charge on any atom is 0.153 e. The maximum atomic E-state index is 12.6. The Hall–Kier alpha value is 0.290. The van der Waals surface area contributed by atoms with Crippen molar-refractivity contribution >= 4 is 29.3 Å². The second kappa shape index (κ2) is 6.37. The van der Waals surface area contributed by atoms with Crippen LogP contribution in [0.4, 0.5) is 0 Å². The predicted molar refractivity (Wildman–Crippen MR) is 82.1 cm³/mol. The quantitative estimate of drug-likeness (QED) is 0.844. The summed E-state index contributed by atoms with van der Waals surface area (Å²) in [6, 6.07) is 0.0943. The number of carbonyl (C=O) groups is 1. The van der Waals surface area contributed by atoms with Gasteiger partial charge in [0, 0.05) is 30.6 Å². The number of rotatable bonds is 2. The molecule has 0 amide bonds. The molecule has 0 saturated carbocycles. The van der Waals surface area contributed by atoms with E-state index in [1.54, 1.807) is 0 Å². The number of Topliss-reactive ketones (excluding diaryl/α,β-unsaturated/α-hetero) is 1. The minimum Gasteiger partial charge on any atom is -0.375 e. The third-order valence-electron chi connectivity index (χ3n) is 4.56. The lowest BCUT2D eigenvalue weighted by atomic mass is 9.79. The molecule has 3 saturated heterocycles. The van der Waals surface area contributed by atoms with E-state index in [4.69, 9.17) is 4.74 Å². The van der Waals surface area contributed by atoms with Crippen molar-refractivity contribution in [2.24, 2.45) is 5.92 Å². The fourth-order valence-corrected chi connectivity index (χ4v) is 5.58. The maximum absolute atomic E-state index is 12.6. The van der Waals surface area contributed by atoms with Crippen LogP contribution < -0.4 is 5.32 Å². The van der Waals surface area contributed by atoms with Crippen molar-refractivity contribution in [2.75, 3.05) is 36.2 Å². The van der Waals surface area contributed by atoms with Gasteiger partial charge in [0.1, 0.15) is 0 Å². The molecule has 5 heteroatoms. The summed E-state index contributed by atoms with van der Waals surface area (Å²) in [7, 11) is 0. The van der Waals surface area contributed by atoms with Gasteiger partial charge in [-0.25, -0.2) is 0 Å². The minimum absolute atomic E-state index is 0.0334. The first kappa shape index (κ1) is 14.2. The van der Waals surface area contributed by atoms with Gasteiger partial charge >= 0.3 is 0 Å². The molecule has 0 aromatic carbocycles. The summed E-state index contributed by atoms with van der Waals surface area (Å²) < 4.78 is 6.08. The molecule has 2 atom stereocenters. The average Bonchev–Trinajstić information content (AvgIpc) is 2.48. The Kier molecular flexibility index (Phi) is 4.78. The Balaban J connectivity index is 1.62. The Morgan fingerprint density at radius 2 is 2.05 bits per heavy atom. The molecule has 108 valence electrons. The zero-order valence-electron chi connectivity index (χ0n) is 11.4. The smallest absolute Gasteiger partial charge is 0.153 e. The van der Waals surface area contributed by atoms with Crippen LogP contribution in [0.3, 0.4) is 0 Å². The second-order valence-electron chi connectivity index (χ2n) is 5.82. The van der Waals surface area contributed by atoms with Crippen molar-refractivity contribution in [2.45, 2.75) is 37.3 Å². The number of hydrogen-bond donors (Lipinski definition) is 1. The number of nitrogens with one attached hydrogen (secondary N) is 1. The van der Waals surface area contributed by atoms with E-state index in [9.17, 15) is 4.79 Å². The number of hydrogen-bond acceptors (Lipinski definition) is 5. The van der Waals surface area contributed by atoms with Gasteiger partial charge in [0.25, 0.3) is 0 Å². The summed E-state index contributed by atoms with van der Waals surface area (Å²) >= 11 is 3.92. The Morgan fingerprint density at radius 3 is 2.79 bits per heavy atom. The lowest BCUT2D eigenvalue weighted by molar-refractivity contribution is -0.139. The molecule has 3 fully saturated rings. The summed E-state index contributed by atoms with van der Waals surface area (Å²) in [6.45, 7) is 1.76. The van der Waals surface area contributed by atoms with Gasteiger partial charge in [0.05, 0.1) is 11.6 Å². The Labute approximate surface area is 124 Å². The molecule has 2 unspecified atom stereocenters. The fourth-order valence-electron chi connectivity index (χ4n) is 3.40. The molecule has 3 heterocycles. The molecule has 0 aromatic rings. The molecule has 1 N–H and O–H groups in total. The summed E-state index contributed by atoms with van der Waals surface area (Å²) in [5.41, 5.74) is 0.0334. The van der Waals surface area contributed by atoms with Gasteiger partial charge in [-0.15, -0.1) is 0 Å². The van der Waals surface area contributed by atoms with E-state index in [1.165, 1.54) is 11.5 Å². The van der Waals surface area contributed by atoms with Crippen LogP contribution in [0.25, 0.3) is 0 Å². The van der Waals surface area contributed by atoms with Crippen LogP contribution in [0.2, 0.25) is 0 Å². The molecule has 0 radical (unpaired) electrons. The molecule has 3 nitrogen and oxygen atoms in total. The predicted octanol–water partition coefficient (Wildman–Crippen LogP) is 1.95. The Bertz CT molecular complexity index is 320. The first-order valence-corrected chi connectivity index (χ1v) is 9.67. The van der Waals surface area contributed by atoms with Crippen LogP contribution >= 0.6 is 23.5 Å². The molecule has 3 aliphatic heterocycles. The number of thioether (sulfide) groups is 2. The summed E-state index contributed by atoms with van der Waals surface area (Å²) in [4.78, 5) is 12.6. The van der Waals surface area contributed by atoms with E-state index in [2.05, 4.69) is 5.32 Å².